The van der Waals surface area contributed by atoms with Gasteiger partial charge in [0.1, 0.15) is 0 Å². The van der Waals surface area contributed by atoms with Crippen LogP contribution >= 0.6 is 0 Å². The summed E-state index contributed by atoms with van der Waals surface area (Å²) in [6.45, 7) is 0.257. The molecule has 56 valence electrons. The van der Waals surface area contributed by atoms with Crippen LogP contribution in [0.4, 0.5) is 0 Å². The van der Waals surface area contributed by atoms with E-state index in [1.165, 1.54) is 6.42 Å². The van der Waals surface area contributed by atoms with Crippen molar-refractivity contribution in [2.75, 3.05) is 6.61 Å². The molecule has 0 aromatic rings. The van der Waals surface area contributed by atoms with Gasteiger partial charge in [-0.3, -0.25) is 0 Å². The number of aliphatic hydroxyl groups is 1. The normalized spacial score (nSPS) is 50.6. The van der Waals surface area contributed by atoms with Crippen LogP contribution in [-0.4, -0.2) is 17.8 Å². The van der Waals surface area contributed by atoms with Crippen molar-refractivity contribution in [1.82, 2.24) is 0 Å². The Balaban J connectivity index is 2.18. The molecule has 0 unspecified atom stereocenters. The van der Waals surface area contributed by atoms with Gasteiger partial charge in [-0.25, -0.2) is 0 Å². The highest BCUT2D eigenvalue weighted by Gasteiger charge is 2.41. The zero-order valence-electron chi connectivity index (χ0n) is 5.90. The summed E-state index contributed by atoms with van der Waals surface area (Å²) in [4.78, 5) is 0. The van der Waals surface area contributed by atoms with Gasteiger partial charge in [0.15, 0.2) is 0 Å². The maximum Gasteiger partial charge on any atom is 0.0479 e. The zero-order valence-corrected chi connectivity index (χ0v) is 5.90. The molecule has 0 saturated heterocycles. The van der Waals surface area contributed by atoms with Crippen LogP contribution in [0.15, 0.2) is 12.2 Å². The molecule has 0 amide bonds. The van der Waals surface area contributed by atoms with Crippen LogP contribution in [0.25, 0.3) is 0 Å². The van der Waals surface area contributed by atoms with Crippen molar-refractivity contribution >= 4 is 0 Å². The molecule has 1 fully saturated rings. The van der Waals surface area contributed by atoms with Gasteiger partial charge in [0.05, 0.1) is 0 Å². The molecule has 0 aliphatic heterocycles. The smallest absolute Gasteiger partial charge is 0.0479 e. The number of hydrogen-bond acceptors (Lipinski definition) is 2. The second-order valence-corrected chi connectivity index (χ2v) is 3.37. The van der Waals surface area contributed by atoms with Crippen molar-refractivity contribution < 1.29 is 5.11 Å². The highest BCUT2D eigenvalue weighted by molar-refractivity contribution is 5.15. The average Bonchev–Trinajstić information content (AvgIpc) is 2.46. The van der Waals surface area contributed by atoms with Crippen LogP contribution in [0.3, 0.4) is 0 Å². The molecule has 2 rings (SSSR count). The first-order valence-corrected chi connectivity index (χ1v) is 3.87. The number of allylic oxidation sites excluding steroid dienone is 1. The molecule has 2 heteroatoms. The van der Waals surface area contributed by atoms with Crippen LogP contribution in [0.5, 0.6) is 0 Å². The number of nitrogens with two attached hydrogens (primary N) is 1. The second kappa shape index (κ2) is 2.07. The Hall–Kier alpha value is -0.340. The predicted octanol–water partition coefficient (Wildman–Crippen LogP) is 0.128. The van der Waals surface area contributed by atoms with Crippen LogP contribution in [0, 0.1) is 17.8 Å². The molecule has 0 radical (unpaired) electrons. The van der Waals surface area contributed by atoms with E-state index in [1.807, 2.05) is 0 Å². The molecule has 1 saturated carbocycles. The molecule has 2 aliphatic carbocycles. The second-order valence-electron chi connectivity index (χ2n) is 3.37. The molecule has 2 aliphatic rings. The third-order valence-electron chi connectivity index (χ3n) is 2.90. The van der Waals surface area contributed by atoms with E-state index in [1.54, 1.807) is 0 Å². The van der Waals surface area contributed by atoms with Gasteiger partial charge in [-0.15, -0.1) is 0 Å². The maximum absolute atomic E-state index is 8.94. The van der Waals surface area contributed by atoms with Crippen LogP contribution in [0.2, 0.25) is 0 Å². The number of fused-ring (bicyclic) bond motifs is 2. The van der Waals surface area contributed by atoms with E-state index < -0.39 is 0 Å². The summed E-state index contributed by atoms with van der Waals surface area (Å²) in [7, 11) is 0. The van der Waals surface area contributed by atoms with Crippen LogP contribution in [-0.2, 0) is 0 Å². The zero-order chi connectivity index (χ0) is 7.14. The molecular formula is C8H13NO. The molecule has 3 N–H and O–H groups in total. The Morgan fingerprint density at radius 1 is 1.40 bits per heavy atom. The summed E-state index contributed by atoms with van der Waals surface area (Å²) in [5, 5.41) is 8.94. The summed E-state index contributed by atoms with van der Waals surface area (Å²) >= 11 is 0. The Bertz CT molecular complexity index is 167. The monoisotopic (exact) mass is 139 g/mol. The lowest BCUT2D eigenvalue weighted by atomic mass is 9.90. The minimum atomic E-state index is 0.222. The van der Waals surface area contributed by atoms with Crippen molar-refractivity contribution in [3.05, 3.63) is 12.2 Å². The fraction of sp³-hybridized carbons (Fsp3) is 0.750. The molecule has 0 spiro atoms. The summed E-state index contributed by atoms with van der Waals surface area (Å²) in [6.07, 6.45) is 5.57. The summed E-state index contributed by atoms with van der Waals surface area (Å²) in [6, 6.07) is 0.222. The topological polar surface area (TPSA) is 46.2 Å². The minimum Gasteiger partial charge on any atom is -0.396 e. The standard InChI is InChI=1S/C8H13NO/c9-8-6-2-1-5(3-6)7(8)4-10/h1-2,5-8,10H,3-4,9H2/t5-,6+,7-,8-/m1/s1. The summed E-state index contributed by atoms with van der Waals surface area (Å²) in [5.74, 6) is 1.47. The lowest BCUT2D eigenvalue weighted by Gasteiger charge is -2.21. The van der Waals surface area contributed by atoms with Crippen LogP contribution < -0.4 is 5.73 Å². The molecule has 0 aromatic heterocycles. The molecule has 2 bridgehead atoms. The number of aliphatic hydroxyl groups excluding tert-OH is 1. The maximum atomic E-state index is 8.94. The van der Waals surface area contributed by atoms with E-state index in [2.05, 4.69) is 12.2 Å². The SMILES string of the molecule is N[C@H]1[C@H](CO)[C@@H]2C=C[C@H]1C2. The first-order valence-electron chi connectivity index (χ1n) is 3.87. The van der Waals surface area contributed by atoms with E-state index in [0.29, 0.717) is 17.8 Å². The highest BCUT2D eigenvalue weighted by atomic mass is 16.3. The first-order chi connectivity index (χ1) is 4.83. The molecule has 10 heavy (non-hydrogen) atoms. The van der Waals surface area contributed by atoms with Gasteiger partial charge in [0, 0.05) is 18.6 Å². The van der Waals surface area contributed by atoms with E-state index >= 15 is 0 Å². The minimum absolute atomic E-state index is 0.222. The Morgan fingerprint density at radius 3 is 2.50 bits per heavy atom. The molecule has 0 aromatic carbocycles. The van der Waals surface area contributed by atoms with Crippen molar-refractivity contribution in [3.8, 4) is 0 Å². The molecule has 0 heterocycles. The molecule has 2 nitrogen and oxygen atoms in total. The fourth-order valence-electron chi connectivity index (χ4n) is 2.22. The Labute approximate surface area is 60.7 Å². The van der Waals surface area contributed by atoms with E-state index in [-0.39, 0.29) is 12.6 Å². The Morgan fingerprint density at radius 2 is 2.10 bits per heavy atom. The highest BCUT2D eigenvalue weighted by Crippen LogP contribution is 2.42. The average molecular weight is 139 g/mol. The van der Waals surface area contributed by atoms with Crippen molar-refractivity contribution in [1.29, 1.82) is 0 Å². The van der Waals surface area contributed by atoms with Gasteiger partial charge in [-0.05, 0) is 18.3 Å². The van der Waals surface area contributed by atoms with Gasteiger partial charge in [0.2, 0.25) is 0 Å². The van der Waals surface area contributed by atoms with Gasteiger partial charge in [-0.2, -0.15) is 0 Å². The van der Waals surface area contributed by atoms with E-state index in [4.69, 9.17) is 10.8 Å². The van der Waals surface area contributed by atoms with Gasteiger partial charge in [-0.1, -0.05) is 12.2 Å². The van der Waals surface area contributed by atoms with Crippen molar-refractivity contribution in [2.24, 2.45) is 23.5 Å². The summed E-state index contributed by atoms with van der Waals surface area (Å²) in [5.41, 5.74) is 5.86. The molecule has 4 atom stereocenters. The Kier molecular flexibility index (Phi) is 1.32. The van der Waals surface area contributed by atoms with Crippen molar-refractivity contribution in [3.63, 3.8) is 0 Å². The lowest BCUT2D eigenvalue weighted by Crippen LogP contribution is -2.35. The first kappa shape index (κ1) is 6.38. The lowest BCUT2D eigenvalue weighted by molar-refractivity contribution is 0.193. The van der Waals surface area contributed by atoms with Gasteiger partial charge >= 0.3 is 0 Å². The molecular weight excluding hydrogens is 126 g/mol. The third kappa shape index (κ3) is 0.662. The van der Waals surface area contributed by atoms with Gasteiger partial charge in [0.25, 0.3) is 0 Å². The predicted molar refractivity (Wildman–Crippen MR) is 39.3 cm³/mol. The quantitative estimate of drug-likeness (QED) is 0.507. The van der Waals surface area contributed by atoms with Gasteiger partial charge < -0.3 is 10.8 Å². The number of rotatable bonds is 1. The van der Waals surface area contributed by atoms with E-state index in [9.17, 15) is 0 Å². The largest absolute Gasteiger partial charge is 0.396 e. The van der Waals surface area contributed by atoms with E-state index in [0.717, 1.165) is 0 Å². The number of hydrogen-bond donors (Lipinski definition) is 2. The van der Waals surface area contributed by atoms with Crippen LogP contribution in [0.1, 0.15) is 6.42 Å². The van der Waals surface area contributed by atoms with Crippen molar-refractivity contribution in [2.45, 2.75) is 12.5 Å². The summed E-state index contributed by atoms with van der Waals surface area (Å²) < 4.78 is 0. The fourth-order valence-corrected chi connectivity index (χ4v) is 2.22. The third-order valence-corrected chi connectivity index (χ3v) is 2.90.